The average Bonchev–Trinajstić information content (AvgIpc) is 3.44. The van der Waals surface area contributed by atoms with Gasteiger partial charge in [0.25, 0.3) is 0 Å². The van der Waals surface area contributed by atoms with Gasteiger partial charge in [0.15, 0.2) is 12.5 Å². The van der Waals surface area contributed by atoms with Crippen molar-refractivity contribution in [1.82, 2.24) is 9.80 Å². The summed E-state index contributed by atoms with van der Waals surface area (Å²) in [5.41, 5.74) is 6.52. The van der Waals surface area contributed by atoms with Gasteiger partial charge in [-0.1, -0.05) is 25.5 Å². The Bertz CT molecular complexity index is 850. The van der Waals surface area contributed by atoms with Crippen molar-refractivity contribution in [2.45, 2.75) is 44.4 Å². The Balaban J connectivity index is 1.52. The van der Waals surface area contributed by atoms with Crippen LogP contribution in [0.15, 0.2) is 30.5 Å². The number of carbonyl (C=O) groups is 3. The van der Waals surface area contributed by atoms with Gasteiger partial charge < -0.3 is 25.0 Å². The van der Waals surface area contributed by atoms with E-state index in [2.05, 4.69) is 0 Å². The highest BCUT2D eigenvalue weighted by molar-refractivity contribution is 5.94. The van der Waals surface area contributed by atoms with Crippen LogP contribution in [0.2, 0.25) is 0 Å². The zero-order chi connectivity index (χ0) is 20.5. The van der Waals surface area contributed by atoms with E-state index >= 15 is 0 Å². The van der Waals surface area contributed by atoms with Gasteiger partial charge in [-0.15, -0.1) is 0 Å². The molecule has 3 unspecified atom stereocenters. The summed E-state index contributed by atoms with van der Waals surface area (Å²) < 4.78 is 11.3. The quantitative estimate of drug-likeness (QED) is 0.769. The molecule has 1 aromatic rings. The van der Waals surface area contributed by atoms with E-state index in [4.69, 9.17) is 15.2 Å². The maximum Gasteiger partial charge on any atom is 0.248 e. The molecule has 3 atom stereocenters. The monoisotopic (exact) mass is 399 g/mol. The first-order chi connectivity index (χ1) is 14.0. The molecule has 29 heavy (non-hydrogen) atoms. The minimum absolute atomic E-state index is 0.0143. The van der Waals surface area contributed by atoms with Crippen molar-refractivity contribution in [3.63, 3.8) is 0 Å². The van der Waals surface area contributed by atoms with Gasteiger partial charge >= 0.3 is 0 Å². The number of rotatable bonds is 6. The minimum atomic E-state index is -0.484. The highest BCUT2D eigenvalue weighted by Crippen LogP contribution is 2.31. The molecule has 0 spiro atoms. The number of likely N-dealkylation sites (tertiary alicyclic amines) is 1. The highest BCUT2D eigenvalue weighted by Gasteiger charge is 2.48. The second-order valence-electron chi connectivity index (χ2n) is 7.61. The predicted octanol–water partition coefficient (Wildman–Crippen LogP) is 1.11. The molecule has 0 aliphatic carbocycles. The molecular weight excluding hydrogens is 374 g/mol. The van der Waals surface area contributed by atoms with Crippen molar-refractivity contribution in [3.8, 4) is 0 Å². The van der Waals surface area contributed by atoms with E-state index in [0.29, 0.717) is 30.7 Å². The normalized spacial score (nSPS) is 24.3. The van der Waals surface area contributed by atoms with Crippen LogP contribution in [0.1, 0.15) is 42.1 Å². The van der Waals surface area contributed by atoms with Gasteiger partial charge in [-0.2, -0.15) is 0 Å². The fourth-order valence-corrected chi connectivity index (χ4v) is 4.24. The zero-order valence-electron chi connectivity index (χ0n) is 16.4. The van der Waals surface area contributed by atoms with E-state index < -0.39 is 18.0 Å². The first kappa shape index (κ1) is 19.4. The summed E-state index contributed by atoms with van der Waals surface area (Å²) >= 11 is 0. The van der Waals surface area contributed by atoms with E-state index in [1.165, 1.54) is 0 Å². The maximum atomic E-state index is 13.3. The summed E-state index contributed by atoms with van der Waals surface area (Å²) in [6, 6.07) is 5.99. The number of nitrogens with two attached hydrogens (primary N) is 1. The van der Waals surface area contributed by atoms with E-state index in [-0.39, 0.29) is 31.1 Å². The van der Waals surface area contributed by atoms with Crippen LogP contribution in [-0.4, -0.2) is 65.5 Å². The van der Waals surface area contributed by atoms with Crippen LogP contribution in [-0.2, 0) is 19.1 Å². The Morgan fingerprint density at radius 2 is 2.03 bits per heavy atom. The number of ether oxygens (including phenoxy) is 2. The lowest BCUT2D eigenvalue weighted by molar-refractivity contribution is -0.141. The average molecular weight is 399 g/mol. The largest absolute Gasteiger partial charge is 0.471 e. The summed E-state index contributed by atoms with van der Waals surface area (Å²) in [5, 5.41) is 0. The molecule has 2 fully saturated rings. The number of primary amides is 1. The van der Waals surface area contributed by atoms with Crippen LogP contribution >= 0.6 is 0 Å². The van der Waals surface area contributed by atoms with E-state index in [1.807, 2.05) is 18.0 Å². The van der Waals surface area contributed by atoms with Crippen LogP contribution in [0.25, 0.3) is 5.76 Å². The van der Waals surface area contributed by atoms with Gasteiger partial charge in [0.1, 0.15) is 24.4 Å². The highest BCUT2D eigenvalue weighted by atomic mass is 16.5. The number of nitrogens with zero attached hydrogens (tertiary/aromatic N) is 2. The van der Waals surface area contributed by atoms with Crippen molar-refractivity contribution in [2.75, 3.05) is 19.9 Å². The van der Waals surface area contributed by atoms with Crippen LogP contribution in [0.4, 0.5) is 0 Å². The third-order valence-corrected chi connectivity index (χ3v) is 5.75. The number of Topliss-reactive ketones (excluding diaryl/α,β-unsaturated/α-hetero) is 1. The first-order valence-corrected chi connectivity index (χ1v) is 9.95. The fraction of sp³-hybridized carbons (Fsp3) is 0.476. The molecule has 3 heterocycles. The maximum absolute atomic E-state index is 13.3. The molecule has 8 nitrogen and oxygen atoms in total. The molecule has 0 saturated carbocycles. The molecular formula is C21H25N3O5. The molecule has 0 aromatic heterocycles. The number of carbonyl (C=O) groups excluding carboxylic acids is 3. The molecule has 4 rings (SSSR count). The standard InChI is InChI=1S/C21H25N3O5/c1-2-3-15(21(27)24-9-8-17-19(24)16(25)11-28-17)23-10-18(29-12-23)13-4-6-14(7-5-13)20(22)26/h4-7,10,15,17,19H,2-3,8-9,11-12H2,1H3,(H2,22,26). The number of ketones is 1. The topological polar surface area (TPSA) is 102 Å². The fourth-order valence-electron chi connectivity index (χ4n) is 4.24. The molecule has 2 saturated heterocycles. The van der Waals surface area contributed by atoms with Crippen LogP contribution in [0.5, 0.6) is 0 Å². The van der Waals surface area contributed by atoms with E-state index in [1.54, 1.807) is 29.2 Å². The van der Waals surface area contributed by atoms with Crippen molar-refractivity contribution < 1.29 is 23.9 Å². The van der Waals surface area contributed by atoms with Gasteiger partial charge in [-0.3, -0.25) is 14.4 Å². The SMILES string of the molecule is CCCC(C(=O)N1CCC2OCC(=O)C21)N1C=C(c2ccc(C(N)=O)cc2)OC1. The van der Waals surface area contributed by atoms with Gasteiger partial charge in [-0.05, 0) is 25.0 Å². The van der Waals surface area contributed by atoms with Gasteiger partial charge in [0.05, 0.1) is 6.10 Å². The van der Waals surface area contributed by atoms with Crippen molar-refractivity contribution in [2.24, 2.45) is 5.73 Å². The molecule has 0 bridgehead atoms. The first-order valence-electron chi connectivity index (χ1n) is 9.95. The third kappa shape index (κ3) is 3.60. The number of amides is 2. The molecule has 154 valence electrons. The van der Waals surface area contributed by atoms with Crippen molar-refractivity contribution in [1.29, 1.82) is 0 Å². The Morgan fingerprint density at radius 1 is 1.28 bits per heavy atom. The predicted molar refractivity (Wildman–Crippen MR) is 104 cm³/mol. The molecule has 2 amide bonds. The Morgan fingerprint density at radius 3 is 2.72 bits per heavy atom. The zero-order valence-corrected chi connectivity index (χ0v) is 16.4. The summed E-state index contributed by atoms with van der Waals surface area (Å²) in [5.74, 6) is 0.0832. The Labute approximate surface area is 169 Å². The lowest BCUT2D eigenvalue weighted by Crippen LogP contribution is -2.50. The molecule has 8 heteroatoms. The molecule has 2 N–H and O–H groups in total. The second kappa shape index (κ2) is 7.87. The van der Waals surface area contributed by atoms with Gasteiger partial charge in [0.2, 0.25) is 11.8 Å². The number of benzene rings is 1. The van der Waals surface area contributed by atoms with E-state index in [9.17, 15) is 14.4 Å². The third-order valence-electron chi connectivity index (χ3n) is 5.75. The molecule has 1 aromatic carbocycles. The number of hydrogen-bond acceptors (Lipinski definition) is 6. The van der Waals surface area contributed by atoms with Gasteiger partial charge in [0, 0.05) is 23.9 Å². The van der Waals surface area contributed by atoms with Crippen molar-refractivity contribution >= 4 is 23.4 Å². The molecule has 0 radical (unpaired) electrons. The summed E-state index contributed by atoms with van der Waals surface area (Å²) in [7, 11) is 0. The number of hydrogen-bond donors (Lipinski definition) is 1. The minimum Gasteiger partial charge on any atom is -0.471 e. The summed E-state index contributed by atoms with van der Waals surface area (Å²) in [4.78, 5) is 40.3. The second-order valence-corrected chi connectivity index (χ2v) is 7.61. The summed E-state index contributed by atoms with van der Waals surface area (Å²) in [6.45, 7) is 2.92. The Kier molecular flexibility index (Phi) is 5.27. The van der Waals surface area contributed by atoms with Crippen LogP contribution < -0.4 is 5.73 Å². The summed E-state index contributed by atoms with van der Waals surface area (Å²) in [6.07, 6.45) is 3.85. The molecule has 3 aliphatic rings. The number of fused-ring (bicyclic) bond motifs is 1. The smallest absolute Gasteiger partial charge is 0.248 e. The lowest BCUT2D eigenvalue weighted by Gasteiger charge is -2.31. The Hall–Kier alpha value is -2.87. The molecule has 3 aliphatic heterocycles. The van der Waals surface area contributed by atoms with Crippen LogP contribution in [0, 0.1) is 0 Å². The van der Waals surface area contributed by atoms with Crippen molar-refractivity contribution in [3.05, 3.63) is 41.6 Å². The lowest BCUT2D eigenvalue weighted by atomic mass is 10.1. The van der Waals surface area contributed by atoms with E-state index in [0.717, 1.165) is 12.0 Å². The van der Waals surface area contributed by atoms with Crippen LogP contribution in [0.3, 0.4) is 0 Å². The van der Waals surface area contributed by atoms with Gasteiger partial charge in [-0.25, -0.2) is 0 Å².